The van der Waals surface area contributed by atoms with E-state index in [1.165, 1.54) is 0 Å². The predicted octanol–water partition coefficient (Wildman–Crippen LogP) is 3.34. The molecule has 2 aromatic rings. The van der Waals surface area contributed by atoms with Gasteiger partial charge >= 0.3 is 0 Å². The molecule has 1 fully saturated rings. The summed E-state index contributed by atoms with van der Waals surface area (Å²) in [5, 5.41) is 0.556. The number of halogens is 3. The first kappa shape index (κ1) is 22.5. The van der Waals surface area contributed by atoms with E-state index in [9.17, 15) is 22.0 Å². The van der Waals surface area contributed by atoms with Gasteiger partial charge in [0.15, 0.2) is 0 Å². The van der Waals surface area contributed by atoms with Gasteiger partial charge in [0.1, 0.15) is 22.3 Å². The van der Waals surface area contributed by atoms with Gasteiger partial charge in [0.05, 0.1) is 6.61 Å². The van der Waals surface area contributed by atoms with E-state index >= 15 is 0 Å². The second-order valence-electron chi connectivity index (χ2n) is 7.36. The van der Waals surface area contributed by atoms with Crippen molar-refractivity contribution in [1.29, 1.82) is 0 Å². The van der Waals surface area contributed by atoms with Gasteiger partial charge in [-0.3, -0.25) is 4.79 Å². The van der Waals surface area contributed by atoms with Gasteiger partial charge in [-0.2, -0.15) is 4.31 Å². The molecule has 0 aromatic heterocycles. The molecular weight excluding hydrogens is 438 g/mol. The topological polar surface area (TPSA) is 89.7 Å². The molecule has 1 amide bonds. The lowest BCUT2D eigenvalue weighted by molar-refractivity contribution is -0.121. The first-order valence-electron chi connectivity index (χ1n) is 9.23. The van der Waals surface area contributed by atoms with Crippen LogP contribution < -0.4 is 10.5 Å². The number of rotatable bonds is 7. The van der Waals surface area contributed by atoms with E-state index < -0.39 is 37.9 Å². The molecule has 162 valence electrons. The molecule has 0 aliphatic carbocycles. The number of carbonyl (C=O) groups excluding carboxylic acids is 1. The fourth-order valence-electron chi connectivity index (χ4n) is 3.53. The summed E-state index contributed by atoms with van der Waals surface area (Å²) in [4.78, 5) is 11.1. The van der Waals surface area contributed by atoms with Crippen LogP contribution in [0.15, 0.2) is 47.4 Å². The van der Waals surface area contributed by atoms with E-state index in [0.29, 0.717) is 29.7 Å². The third kappa shape index (κ3) is 5.08. The Bertz CT molecular complexity index is 1020. The Morgan fingerprint density at radius 3 is 2.33 bits per heavy atom. The van der Waals surface area contributed by atoms with E-state index in [0.717, 1.165) is 16.4 Å². The Labute approximate surface area is 178 Å². The van der Waals surface area contributed by atoms with E-state index in [1.807, 2.05) is 0 Å². The maximum Gasteiger partial charge on any atom is 0.245 e. The average molecular weight is 459 g/mol. The number of piperidine rings is 1. The van der Waals surface area contributed by atoms with Gasteiger partial charge in [-0.1, -0.05) is 11.6 Å². The summed E-state index contributed by atoms with van der Waals surface area (Å²) in [6.45, 7) is 0.267. The van der Waals surface area contributed by atoms with Gasteiger partial charge in [0.2, 0.25) is 15.9 Å². The van der Waals surface area contributed by atoms with Crippen LogP contribution in [0.2, 0.25) is 5.02 Å². The monoisotopic (exact) mass is 458 g/mol. The van der Waals surface area contributed by atoms with Gasteiger partial charge in [0.25, 0.3) is 0 Å². The quantitative estimate of drug-likeness (QED) is 0.689. The number of nitrogens with two attached hydrogens (primary N) is 1. The molecule has 0 saturated carbocycles. The predicted molar refractivity (Wildman–Crippen MR) is 108 cm³/mol. The number of hydrogen-bond donors (Lipinski definition) is 1. The molecule has 1 aliphatic rings. The van der Waals surface area contributed by atoms with Crippen molar-refractivity contribution >= 4 is 27.5 Å². The third-order valence-electron chi connectivity index (χ3n) is 5.20. The Hall–Kier alpha value is -2.23. The van der Waals surface area contributed by atoms with Crippen molar-refractivity contribution in [2.75, 3.05) is 19.7 Å². The summed E-state index contributed by atoms with van der Waals surface area (Å²) in [7, 11) is -4.14. The van der Waals surface area contributed by atoms with E-state index in [4.69, 9.17) is 22.1 Å². The van der Waals surface area contributed by atoms with Crippen LogP contribution in [-0.2, 0) is 14.8 Å². The number of ether oxygens (including phenoxy) is 1. The number of benzene rings is 2. The first-order chi connectivity index (χ1) is 14.1. The van der Waals surface area contributed by atoms with Crippen LogP contribution in [0.3, 0.4) is 0 Å². The standard InChI is InChI=1S/C20H21ClF2N2O4S/c21-14-1-4-16(5-2-14)29-13-20(12-19(24)26)7-9-25(10-8-20)30(27,28)18-6-3-15(22)11-17(18)23/h1-6,11H,7-10,12-13H2,(H2,24,26). The van der Waals surface area contributed by atoms with Crippen LogP contribution in [-0.4, -0.2) is 38.3 Å². The Morgan fingerprint density at radius 1 is 1.13 bits per heavy atom. The highest BCUT2D eigenvalue weighted by Crippen LogP contribution is 2.37. The van der Waals surface area contributed by atoms with Crippen LogP contribution in [0.5, 0.6) is 5.75 Å². The highest BCUT2D eigenvalue weighted by molar-refractivity contribution is 7.89. The van der Waals surface area contributed by atoms with Gasteiger partial charge < -0.3 is 10.5 Å². The molecule has 0 spiro atoms. The van der Waals surface area contributed by atoms with Crippen LogP contribution in [0.4, 0.5) is 8.78 Å². The van der Waals surface area contributed by atoms with Crippen LogP contribution in [0.25, 0.3) is 0 Å². The van der Waals surface area contributed by atoms with E-state index in [-0.39, 0.29) is 26.1 Å². The molecule has 0 unspecified atom stereocenters. The van der Waals surface area contributed by atoms with Crippen molar-refractivity contribution in [2.24, 2.45) is 11.1 Å². The lowest BCUT2D eigenvalue weighted by Crippen LogP contribution is -2.47. The summed E-state index contributed by atoms with van der Waals surface area (Å²) in [6, 6.07) is 9.07. The van der Waals surface area contributed by atoms with Gasteiger partial charge in [-0.25, -0.2) is 17.2 Å². The SMILES string of the molecule is NC(=O)CC1(COc2ccc(Cl)cc2)CCN(S(=O)(=O)c2ccc(F)cc2F)CC1. The lowest BCUT2D eigenvalue weighted by atomic mass is 9.76. The highest BCUT2D eigenvalue weighted by atomic mass is 35.5. The zero-order valence-electron chi connectivity index (χ0n) is 16.0. The summed E-state index contributed by atoms with van der Waals surface area (Å²) in [6.07, 6.45) is 0.622. The molecular formula is C20H21ClF2N2O4S. The van der Waals surface area contributed by atoms with Crippen molar-refractivity contribution in [2.45, 2.75) is 24.2 Å². The Balaban J connectivity index is 1.74. The molecule has 30 heavy (non-hydrogen) atoms. The molecule has 0 bridgehead atoms. The third-order valence-corrected chi connectivity index (χ3v) is 7.39. The first-order valence-corrected chi connectivity index (χ1v) is 11.1. The summed E-state index contributed by atoms with van der Waals surface area (Å²) < 4.78 is 59.7. The summed E-state index contributed by atoms with van der Waals surface area (Å²) >= 11 is 5.86. The molecule has 1 aliphatic heterocycles. The second kappa shape index (κ2) is 8.87. The molecule has 2 aromatic carbocycles. The number of carbonyl (C=O) groups is 1. The normalized spacial score (nSPS) is 16.9. The Kier molecular flexibility index (Phi) is 6.64. The van der Waals surface area contributed by atoms with Crippen molar-refractivity contribution < 1.29 is 26.7 Å². The van der Waals surface area contributed by atoms with Crippen molar-refractivity contribution in [3.8, 4) is 5.75 Å². The van der Waals surface area contributed by atoms with Crippen LogP contribution in [0.1, 0.15) is 19.3 Å². The zero-order valence-corrected chi connectivity index (χ0v) is 17.6. The number of primary amides is 1. The fourth-order valence-corrected chi connectivity index (χ4v) is 5.15. The number of hydrogen-bond acceptors (Lipinski definition) is 4. The minimum absolute atomic E-state index is 0.0272. The zero-order chi connectivity index (χ0) is 21.9. The number of sulfonamides is 1. The minimum atomic E-state index is -4.14. The Morgan fingerprint density at radius 2 is 1.77 bits per heavy atom. The number of amides is 1. The smallest absolute Gasteiger partial charge is 0.245 e. The maximum absolute atomic E-state index is 14.0. The second-order valence-corrected chi connectivity index (χ2v) is 9.71. The van der Waals surface area contributed by atoms with Crippen LogP contribution in [0, 0.1) is 17.0 Å². The molecule has 1 heterocycles. The minimum Gasteiger partial charge on any atom is -0.493 e. The lowest BCUT2D eigenvalue weighted by Gasteiger charge is -2.40. The maximum atomic E-state index is 14.0. The molecule has 1 saturated heterocycles. The average Bonchev–Trinajstić information content (AvgIpc) is 2.67. The fraction of sp³-hybridized carbons (Fsp3) is 0.350. The summed E-state index contributed by atoms with van der Waals surface area (Å²) in [5.41, 5.74) is 4.76. The van der Waals surface area contributed by atoms with Gasteiger partial charge in [-0.15, -0.1) is 0 Å². The molecule has 6 nitrogen and oxygen atoms in total. The largest absolute Gasteiger partial charge is 0.493 e. The van der Waals surface area contributed by atoms with Gasteiger partial charge in [-0.05, 0) is 49.2 Å². The summed E-state index contributed by atoms with van der Waals surface area (Å²) in [5.74, 6) is -1.96. The van der Waals surface area contributed by atoms with Crippen molar-refractivity contribution in [1.82, 2.24) is 4.31 Å². The van der Waals surface area contributed by atoms with E-state index in [2.05, 4.69) is 0 Å². The molecule has 0 atom stereocenters. The molecule has 3 rings (SSSR count). The van der Waals surface area contributed by atoms with Crippen LogP contribution >= 0.6 is 11.6 Å². The molecule has 10 heteroatoms. The molecule has 2 N–H and O–H groups in total. The van der Waals surface area contributed by atoms with Crippen molar-refractivity contribution in [3.63, 3.8) is 0 Å². The van der Waals surface area contributed by atoms with Gasteiger partial charge in [0, 0.05) is 36.0 Å². The highest BCUT2D eigenvalue weighted by Gasteiger charge is 2.41. The number of nitrogens with zero attached hydrogens (tertiary/aromatic N) is 1. The van der Waals surface area contributed by atoms with E-state index in [1.54, 1.807) is 24.3 Å². The molecule has 0 radical (unpaired) electrons. The van der Waals surface area contributed by atoms with Crippen molar-refractivity contribution in [3.05, 3.63) is 59.1 Å².